The van der Waals surface area contributed by atoms with Gasteiger partial charge in [0.05, 0.1) is 11.6 Å². The third-order valence-electron chi connectivity index (χ3n) is 5.12. The Morgan fingerprint density at radius 1 is 1.19 bits per heavy atom. The summed E-state index contributed by atoms with van der Waals surface area (Å²) in [6, 6.07) is 6.81. The molecule has 0 spiro atoms. The first-order chi connectivity index (χ1) is 10.1. The Hall–Kier alpha value is -0.900. The van der Waals surface area contributed by atoms with Gasteiger partial charge in [0, 0.05) is 7.11 Å². The number of rotatable bonds is 5. The monoisotopic (exact) mass is 290 g/mol. The summed E-state index contributed by atoms with van der Waals surface area (Å²) >= 11 is 0. The summed E-state index contributed by atoms with van der Waals surface area (Å²) < 4.78 is 6.01. The minimum absolute atomic E-state index is 0.124. The molecule has 1 atom stereocenters. The van der Waals surface area contributed by atoms with Crippen LogP contribution in [0.1, 0.15) is 55.2 Å². The normalized spacial score (nSPS) is 20.0. The van der Waals surface area contributed by atoms with Gasteiger partial charge in [-0.2, -0.15) is 0 Å². The molecule has 0 saturated heterocycles. The fourth-order valence-electron chi connectivity index (χ4n) is 3.66. The molecular weight excluding hydrogens is 260 g/mol. The molecule has 1 aromatic rings. The van der Waals surface area contributed by atoms with Crippen molar-refractivity contribution in [3.63, 3.8) is 0 Å². The zero-order valence-electron chi connectivity index (χ0n) is 13.7. The van der Waals surface area contributed by atoms with E-state index < -0.39 is 0 Å². The number of aryl methyl sites for hydroxylation is 2. The molecular formula is C18H30N2O. The van der Waals surface area contributed by atoms with Crippen LogP contribution in [-0.4, -0.2) is 18.8 Å². The second-order valence-electron chi connectivity index (χ2n) is 6.54. The minimum Gasteiger partial charge on any atom is -0.377 e. The Morgan fingerprint density at radius 3 is 2.43 bits per heavy atom. The van der Waals surface area contributed by atoms with Crippen LogP contribution in [0.5, 0.6) is 0 Å². The highest BCUT2D eigenvalue weighted by molar-refractivity contribution is 5.31. The molecule has 0 aromatic heterocycles. The van der Waals surface area contributed by atoms with E-state index in [-0.39, 0.29) is 11.6 Å². The maximum Gasteiger partial charge on any atom is 0.0847 e. The molecule has 3 heteroatoms. The summed E-state index contributed by atoms with van der Waals surface area (Å²) in [6.45, 7) is 4.32. The fraction of sp³-hybridized carbons (Fsp3) is 0.667. The van der Waals surface area contributed by atoms with E-state index in [4.69, 9.17) is 10.6 Å². The molecule has 118 valence electrons. The average molecular weight is 290 g/mol. The molecule has 0 heterocycles. The Bertz CT molecular complexity index is 451. The number of nitrogens with one attached hydrogen (secondary N) is 1. The van der Waals surface area contributed by atoms with Gasteiger partial charge in [0.1, 0.15) is 0 Å². The lowest BCUT2D eigenvalue weighted by atomic mass is 9.82. The Balaban J connectivity index is 2.22. The second-order valence-corrected chi connectivity index (χ2v) is 6.54. The van der Waals surface area contributed by atoms with Crippen LogP contribution < -0.4 is 11.3 Å². The number of methoxy groups -OCH3 is 1. The molecule has 2 rings (SSSR count). The van der Waals surface area contributed by atoms with E-state index in [1.165, 1.54) is 42.4 Å². The zero-order valence-corrected chi connectivity index (χ0v) is 13.7. The van der Waals surface area contributed by atoms with Crippen molar-refractivity contribution >= 4 is 0 Å². The van der Waals surface area contributed by atoms with Gasteiger partial charge in [0.2, 0.25) is 0 Å². The number of hydrazine groups is 1. The first kappa shape index (κ1) is 16.5. The van der Waals surface area contributed by atoms with E-state index in [9.17, 15) is 0 Å². The number of benzene rings is 1. The third kappa shape index (κ3) is 3.85. The van der Waals surface area contributed by atoms with Gasteiger partial charge in [0.25, 0.3) is 0 Å². The first-order valence-electron chi connectivity index (χ1n) is 8.19. The van der Waals surface area contributed by atoms with Gasteiger partial charge in [-0.05, 0) is 44.2 Å². The summed E-state index contributed by atoms with van der Waals surface area (Å²) in [5, 5.41) is 0. The molecule has 0 radical (unpaired) electrons. The molecule has 1 aromatic carbocycles. The average Bonchev–Trinajstić information content (AvgIpc) is 2.74. The van der Waals surface area contributed by atoms with Gasteiger partial charge >= 0.3 is 0 Å². The molecule has 0 bridgehead atoms. The van der Waals surface area contributed by atoms with E-state index in [0.29, 0.717) is 0 Å². The maximum absolute atomic E-state index is 6.01. The number of nitrogens with two attached hydrogens (primary N) is 1. The zero-order chi connectivity index (χ0) is 15.3. The highest BCUT2D eigenvalue weighted by Crippen LogP contribution is 2.34. The topological polar surface area (TPSA) is 47.3 Å². The summed E-state index contributed by atoms with van der Waals surface area (Å²) in [6.07, 6.45) is 8.22. The van der Waals surface area contributed by atoms with E-state index in [0.717, 1.165) is 19.3 Å². The first-order valence-corrected chi connectivity index (χ1v) is 8.19. The van der Waals surface area contributed by atoms with Gasteiger partial charge in [-0.15, -0.1) is 0 Å². The van der Waals surface area contributed by atoms with Crippen LogP contribution in [0, 0.1) is 13.8 Å². The maximum atomic E-state index is 6.01. The van der Waals surface area contributed by atoms with Crippen LogP contribution in [0.3, 0.4) is 0 Å². The van der Waals surface area contributed by atoms with Crippen molar-refractivity contribution in [2.45, 2.75) is 70.4 Å². The van der Waals surface area contributed by atoms with Crippen molar-refractivity contribution in [3.05, 3.63) is 34.9 Å². The quantitative estimate of drug-likeness (QED) is 0.496. The van der Waals surface area contributed by atoms with Gasteiger partial charge in [-0.3, -0.25) is 11.3 Å². The van der Waals surface area contributed by atoms with Crippen molar-refractivity contribution in [2.24, 2.45) is 5.84 Å². The summed E-state index contributed by atoms with van der Waals surface area (Å²) in [5.74, 6) is 5.92. The smallest absolute Gasteiger partial charge is 0.0847 e. The largest absolute Gasteiger partial charge is 0.377 e. The highest BCUT2D eigenvalue weighted by Gasteiger charge is 2.38. The highest BCUT2D eigenvalue weighted by atomic mass is 16.5. The van der Waals surface area contributed by atoms with Gasteiger partial charge < -0.3 is 4.74 Å². The predicted octanol–water partition coefficient (Wildman–Crippen LogP) is 3.42. The SMILES string of the molecule is COC1(C(Cc2cc(C)ccc2C)NN)CCCCCC1. The summed E-state index contributed by atoms with van der Waals surface area (Å²) in [5.41, 5.74) is 6.95. The molecule has 1 aliphatic carbocycles. The van der Waals surface area contributed by atoms with Crippen molar-refractivity contribution in [2.75, 3.05) is 7.11 Å². The lowest BCUT2D eigenvalue weighted by Crippen LogP contribution is -2.55. The molecule has 0 aliphatic heterocycles. The van der Waals surface area contributed by atoms with Crippen molar-refractivity contribution in [1.82, 2.24) is 5.43 Å². The van der Waals surface area contributed by atoms with E-state index in [1.54, 1.807) is 0 Å². The van der Waals surface area contributed by atoms with Crippen molar-refractivity contribution in [3.8, 4) is 0 Å². The summed E-state index contributed by atoms with van der Waals surface area (Å²) in [7, 11) is 1.85. The lowest BCUT2D eigenvalue weighted by Gasteiger charge is -2.39. The second kappa shape index (κ2) is 7.39. The van der Waals surface area contributed by atoms with E-state index in [1.807, 2.05) is 7.11 Å². The molecule has 1 unspecified atom stereocenters. The molecule has 3 nitrogen and oxygen atoms in total. The molecule has 1 fully saturated rings. The molecule has 21 heavy (non-hydrogen) atoms. The standard InChI is InChI=1S/C18H30N2O/c1-14-8-9-15(2)16(12-14)13-17(20-19)18(21-3)10-6-4-5-7-11-18/h8-9,12,17,20H,4-7,10-11,13,19H2,1-3H3. The third-order valence-corrected chi connectivity index (χ3v) is 5.12. The Morgan fingerprint density at radius 2 is 1.86 bits per heavy atom. The van der Waals surface area contributed by atoms with E-state index in [2.05, 4.69) is 37.5 Å². The summed E-state index contributed by atoms with van der Waals surface area (Å²) in [4.78, 5) is 0. The van der Waals surface area contributed by atoms with Gasteiger partial charge in [0.15, 0.2) is 0 Å². The van der Waals surface area contributed by atoms with Gasteiger partial charge in [-0.25, -0.2) is 0 Å². The van der Waals surface area contributed by atoms with Crippen LogP contribution in [0.4, 0.5) is 0 Å². The lowest BCUT2D eigenvalue weighted by molar-refractivity contribution is -0.0527. The molecule has 3 N–H and O–H groups in total. The fourth-order valence-corrected chi connectivity index (χ4v) is 3.66. The van der Waals surface area contributed by atoms with Crippen molar-refractivity contribution in [1.29, 1.82) is 0 Å². The van der Waals surface area contributed by atoms with E-state index >= 15 is 0 Å². The molecule has 1 saturated carbocycles. The van der Waals surface area contributed by atoms with Crippen LogP contribution in [0.15, 0.2) is 18.2 Å². The van der Waals surface area contributed by atoms with Crippen LogP contribution in [-0.2, 0) is 11.2 Å². The number of hydrogen-bond donors (Lipinski definition) is 2. The minimum atomic E-state index is -0.124. The van der Waals surface area contributed by atoms with Gasteiger partial charge in [-0.1, -0.05) is 49.4 Å². The predicted molar refractivity (Wildman–Crippen MR) is 88.2 cm³/mol. The molecule has 1 aliphatic rings. The molecule has 0 amide bonds. The Kier molecular flexibility index (Phi) is 5.80. The van der Waals surface area contributed by atoms with Crippen molar-refractivity contribution < 1.29 is 4.74 Å². The Labute approximate surface area is 129 Å². The number of ether oxygens (including phenoxy) is 1. The number of hydrogen-bond acceptors (Lipinski definition) is 3. The van der Waals surface area contributed by atoms with Crippen LogP contribution in [0.25, 0.3) is 0 Å². The van der Waals surface area contributed by atoms with Crippen LogP contribution >= 0.6 is 0 Å². The van der Waals surface area contributed by atoms with Crippen LogP contribution in [0.2, 0.25) is 0 Å².